The van der Waals surface area contributed by atoms with Gasteiger partial charge in [-0.3, -0.25) is 0 Å². The molecule has 1 heterocycles. The maximum Gasteiger partial charge on any atom is 0.113 e. The van der Waals surface area contributed by atoms with Gasteiger partial charge in [-0.15, -0.1) is 11.3 Å². The number of rotatable bonds is 5. The van der Waals surface area contributed by atoms with Gasteiger partial charge in [0.1, 0.15) is 5.01 Å². The van der Waals surface area contributed by atoms with Gasteiger partial charge in [-0.25, -0.2) is 4.98 Å². The minimum Gasteiger partial charge on any atom is -0.383 e. The molecule has 2 aliphatic rings. The van der Waals surface area contributed by atoms with Crippen LogP contribution in [0.2, 0.25) is 0 Å². The Morgan fingerprint density at radius 3 is 3.05 bits per heavy atom. The summed E-state index contributed by atoms with van der Waals surface area (Å²) < 4.78 is 5.22. The van der Waals surface area contributed by atoms with Gasteiger partial charge in [-0.05, 0) is 38.0 Å². The van der Waals surface area contributed by atoms with Crippen LogP contribution in [0.5, 0.6) is 0 Å². The van der Waals surface area contributed by atoms with Crippen LogP contribution in [-0.4, -0.2) is 25.2 Å². The van der Waals surface area contributed by atoms with Crippen LogP contribution in [0, 0.1) is 5.92 Å². The number of methoxy groups -OCH3 is 1. The molecule has 1 N–H and O–H groups in total. The van der Waals surface area contributed by atoms with E-state index in [2.05, 4.69) is 12.2 Å². The van der Waals surface area contributed by atoms with Gasteiger partial charge in [0, 0.05) is 18.5 Å². The number of aromatic nitrogens is 1. The lowest BCUT2D eigenvalue weighted by atomic mass is 9.76. The standard InChI is InChI=1S/C16H26N2OS/c1-12-5-4-8-16(11-12,17-9-10-19-2)15-18-13-6-3-7-14(13)20-15/h12,17H,3-11H2,1-2H3. The lowest BCUT2D eigenvalue weighted by molar-refractivity contribution is 0.149. The fourth-order valence-electron chi connectivity index (χ4n) is 3.77. The van der Waals surface area contributed by atoms with Crippen molar-refractivity contribution < 1.29 is 4.74 Å². The molecule has 1 aromatic rings. The summed E-state index contributed by atoms with van der Waals surface area (Å²) in [5.74, 6) is 0.789. The van der Waals surface area contributed by atoms with E-state index in [1.54, 1.807) is 12.0 Å². The smallest absolute Gasteiger partial charge is 0.113 e. The zero-order valence-electron chi connectivity index (χ0n) is 12.7. The van der Waals surface area contributed by atoms with E-state index in [9.17, 15) is 0 Å². The van der Waals surface area contributed by atoms with Crippen LogP contribution in [0.3, 0.4) is 0 Å². The molecular weight excluding hydrogens is 268 g/mol. The van der Waals surface area contributed by atoms with Crippen LogP contribution in [-0.2, 0) is 23.1 Å². The summed E-state index contributed by atoms with van der Waals surface area (Å²) in [7, 11) is 1.77. The number of nitrogens with zero attached hydrogens (tertiary/aromatic N) is 1. The molecule has 2 unspecified atom stereocenters. The quantitative estimate of drug-likeness (QED) is 0.846. The minimum atomic E-state index is 0.116. The van der Waals surface area contributed by atoms with Crippen LogP contribution in [0.1, 0.15) is 54.6 Å². The average Bonchev–Trinajstić information content (AvgIpc) is 3.00. The number of aryl methyl sites for hydroxylation is 2. The molecule has 2 atom stereocenters. The van der Waals surface area contributed by atoms with E-state index < -0.39 is 0 Å². The number of fused-ring (bicyclic) bond motifs is 1. The summed E-state index contributed by atoms with van der Waals surface area (Å²) in [4.78, 5) is 6.56. The van der Waals surface area contributed by atoms with E-state index in [1.165, 1.54) is 55.6 Å². The molecule has 1 fully saturated rings. The van der Waals surface area contributed by atoms with E-state index in [0.717, 1.165) is 19.1 Å². The first-order valence-corrected chi connectivity index (χ1v) is 8.78. The third-order valence-corrected chi connectivity index (χ3v) is 6.13. The topological polar surface area (TPSA) is 34.1 Å². The SMILES string of the molecule is COCCNC1(c2nc3c(s2)CCC3)CCCC(C)C1. The molecule has 0 bridgehead atoms. The summed E-state index contributed by atoms with van der Waals surface area (Å²) in [5, 5.41) is 5.15. The number of hydrogen-bond acceptors (Lipinski definition) is 4. The minimum absolute atomic E-state index is 0.116. The number of nitrogens with one attached hydrogen (secondary N) is 1. The van der Waals surface area contributed by atoms with Crippen LogP contribution in [0.15, 0.2) is 0 Å². The lowest BCUT2D eigenvalue weighted by Gasteiger charge is -2.39. The van der Waals surface area contributed by atoms with Gasteiger partial charge in [0.25, 0.3) is 0 Å². The highest BCUT2D eigenvalue weighted by molar-refractivity contribution is 7.12. The van der Waals surface area contributed by atoms with Gasteiger partial charge in [0.15, 0.2) is 0 Å². The summed E-state index contributed by atoms with van der Waals surface area (Å²) >= 11 is 1.97. The molecule has 3 rings (SSSR count). The van der Waals surface area contributed by atoms with Gasteiger partial charge in [0.2, 0.25) is 0 Å². The van der Waals surface area contributed by atoms with Crippen LogP contribution in [0.4, 0.5) is 0 Å². The predicted molar refractivity (Wildman–Crippen MR) is 83.3 cm³/mol. The molecular formula is C16H26N2OS. The number of thiazole rings is 1. The summed E-state index contributed by atoms with van der Waals surface area (Å²) in [5.41, 5.74) is 1.50. The third kappa shape index (κ3) is 2.78. The number of hydrogen-bond donors (Lipinski definition) is 1. The highest BCUT2D eigenvalue weighted by Crippen LogP contribution is 2.43. The van der Waals surface area contributed by atoms with Crippen molar-refractivity contribution in [1.29, 1.82) is 0 Å². The second-order valence-electron chi connectivity index (χ2n) is 6.45. The Balaban J connectivity index is 1.83. The fraction of sp³-hybridized carbons (Fsp3) is 0.812. The van der Waals surface area contributed by atoms with Crippen LogP contribution < -0.4 is 5.32 Å². The van der Waals surface area contributed by atoms with Gasteiger partial charge >= 0.3 is 0 Å². The predicted octanol–water partition coefficient (Wildman–Crippen LogP) is 3.27. The molecule has 0 amide bonds. The van der Waals surface area contributed by atoms with Gasteiger partial charge < -0.3 is 10.1 Å². The average molecular weight is 294 g/mol. The fourth-order valence-corrected chi connectivity index (χ4v) is 5.12. The molecule has 0 radical (unpaired) electrons. The maximum absolute atomic E-state index is 5.22. The van der Waals surface area contributed by atoms with E-state index in [0.29, 0.717) is 0 Å². The molecule has 1 aromatic heterocycles. The Hall–Kier alpha value is -0.450. The Morgan fingerprint density at radius 1 is 1.40 bits per heavy atom. The molecule has 1 saturated carbocycles. The zero-order valence-corrected chi connectivity index (χ0v) is 13.5. The molecule has 0 saturated heterocycles. The highest BCUT2D eigenvalue weighted by Gasteiger charge is 2.39. The molecule has 0 aromatic carbocycles. The van der Waals surface area contributed by atoms with Gasteiger partial charge in [0.05, 0.1) is 17.8 Å². The Bertz CT molecular complexity index is 438. The lowest BCUT2D eigenvalue weighted by Crippen LogP contribution is -2.47. The largest absolute Gasteiger partial charge is 0.383 e. The molecule has 20 heavy (non-hydrogen) atoms. The molecule has 112 valence electrons. The molecule has 3 nitrogen and oxygen atoms in total. The van der Waals surface area contributed by atoms with Crippen LogP contribution in [0.25, 0.3) is 0 Å². The molecule has 4 heteroatoms. The first-order valence-electron chi connectivity index (χ1n) is 7.96. The number of ether oxygens (including phenoxy) is 1. The normalized spacial score (nSPS) is 29.6. The van der Waals surface area contributed by atoms with E-state index in [-0.39, 0.29) is 5.54 Å². The van der Waals surface area contributed by atoms with Crippen LogP contribution >= 0.6 is 11.3 Å². The van der Waals surface area contributed by atoms with E-state index in [4.69, 9.17) is 9.72 Å². The summed E-state index contributed by atoms with van der Waals surface area (Å²) in [6.45, 7) is 4.09. The van der Waals surface area contributed by atoms with Gasteiger partial charge in [-0.2, -0.15) is 0 Å². The van der Waals surface area contributed by atoms with Crippen molar-refractivity contribution in [2.75, 3.05) is 20.3 Å². The van der Waals surface area contributed by atoms with Crippen molar-refractivity contribution in [1.82, 2.24) is 10.3 Å². The Kier molecular flexibility index (Phi) is 4.43. The summed E-state index contributed by atoms with van der Waals surface area (Å²) in [6.07, 6.45) is 8.86. The van der Waals surface area contributed by atoms with Crippen molar-refractivity contribution in [3.8, 4) is 0 Å². The Morgan fingerprint density at radius 2 is 2.30 bits per heavy atom. The van der Waals surface area contributed by atoms with Crippen molar-refractivity contribution in [3.63, 3.8) is 0 Å². The first kappa shape index (κ1) is 14.5. The molecule has 0 aliphatic heterocycles. The third-order valence-electron chi connectivity index (χ3n) is 4.77. The second kappa shape index (κ2) is 6.12. The van der Waals surface area contributed by atoms with E-state index in [1.807, 2.05) is 11.3 Å². The monoisotopic (exact) mass is 294 g/mol. The van der Waals surface area contributed by atoms with E-state index >= 15 is 0 Å². The highest BCUT2D eigenvalue weighted by atomic mass is 32.1. The second-order valence-corrected chi connectivity index (χ2v) is 7.53. The zero-order chi connectivity index (χ0) is 14.0. The van der Waals surface area contributed by atoms with Crippen molar-refractivity contribution >= 4 is 11.3 Å². The molecule has 2 aliphatic carbocycles. The van der Waals surface area contributed by atoms with Crippen molar-refractivity contribution in [2.24, 2.45) is 5.92 Å². The van der Waals surface area contributed by atoms with Gasteiger partial charge in [-0.1, -0.05) is 19.8 Å². The van der Waals surface area contributed by atoms with Crippen molar-refractivity contribution in [3.05, 3.63) is 15.6 Å². The maximum atomic E-state index is 5.22. The Labute approximate surface area is 126 Å². The summed E-state index contributed by atoms with van der Waals surface area (Å²) in [6, 6.07) is 0. The van der Waals surface area contributed by atoms with Crippen molar-refractivity contribution in [2.45, 2.75) is 57.4 Å². The first-order chi connectivity index (χ1) is 9.73. The molecule has 0 spiro atoms.